The molecule has 1 unspecified atom stereocenters. The fraction of sp³-hybridized carbons (Fsp3) is 0.188. The van der Waals surface area contributed by atoms with Gasteiger partial charge in [0.1, 0.15) is 17.4 Å². The lowest BCUT2D eigenvalue weighted by atomic mass is 9.98. The van der Waals surface area contributed by atoms with Gasteiger partial charge in [-0.2, -0.15) is 5.26 Å². The van der Waals surface area contributed by atoms with Crippen LogP contribution in [0.5, 0.6) is 5.75 Å². The van der Waals surface area contributed by atoms with E-state index in [-0.39, 0.29) is 11.6 Å². The summed E-state index contributed by atoms with van der Waals surface area (Å²) in [4.78, 5) is 0. The number of hydrogen-bond acceptors (Lipinski definition) is 2. The van der Waals surface area contributed by atoms with Crippen LogP contribution in [0.3, 0.4) is 0 Å². The summed E-state index contributed by atoms with van der Waals surface area (Å²) in [6.45, 7) is 0.306. The molecule has 0 radical (unpaired) electrons. The van der Waals surface area contributed by atoms with Gasteiger partial charge in [-0.25, -0.2) is 8.78 Å². The second-order valence-corrected chi connectivity index (χ2v) is 4.33. The van der Waals surface area contributed by atoms with Crippen LogP contribution < -0.4 is 4.74 Å². The number of nitriles is 1. The van der Waals surface area contributed by atoms with Crippen LogP contribution in [0.2, 0.25) is 0 Å². The highest BCUT2D eigenvalue weighted by Crippen LogP contribution is 2.20. The quantitative estimate of drug-likeness (QED) is 0.823. The van der Waals surface area contributed by atoms with Gasteiger partial charge in [-0.05, 0) is 42.0 Å². The Balaban J connectivity index is 1.92. The first-order valence-electron chi connectivity index (χ1n) is 6.22. The molecule has 0 saturated heterocycles. The van der Waals surface area contributed by atoms with E-state index < -0.39 is 5.92 Å². The van der Waals surface area contributed by atoms with Crippen LogP contribution in [0, 0.1) is 23.0 Å². The second-order valence-electron chi connectivity index (χ2n) is 4.33. The Hall–Kier alpha value is -2.41. The molecule has 0 amide bonds. The minimum absolute atomic E-state index is 0.306. The Kier molecular flexibility index (Phi) is 4.67. The van der Waals surface area contributed by atoms with Gasteiger partial charge in [0.05, 0.1) is 18.6 Å². The van der Waals surface area contributed by atoms with E-state index in [1.165, 1.54) is 36.4 Å². The van der Waals surface area contributed by atoms with Crippen molar-refractivity contribution in [2.45, 2.75) is 12.3 Å². The van der Waals surface area contributed by atoms with Crippen LogP contribution in [-0.4, -0.2) is 6.61 Å². The first-order valence-corrected chi connectivity index (χ1v) is 6.22. The van der Waals surface area contributed by atoms with Crippen LogP contribution in [0.15, 0.2) is 48.5 Å². The van der Waals surface area contributed by atoms with Crippen LogP contribution in [0.25, 0.3) is 0 Å². The van der Waals surface area contributed by atoms with Crippen molar-refractivity contribution in [3.63, 3.8) is 0 Å². The Morgan fingerprint density at radius 3 is 2.45 bits per heavy atom. The van der Waals surface area contributed by atoms with Gasteiger partial charge in [0.25, 0.3) is 0 Å². The SMILES string of the molecule is N#CC(CCOc1ccc(F)cc1)c1cccc(F)c1. The summed E-state index contributed by atoms with van der Waals surface area (Å²) in [5.41, 5.74) is 0.634. The summed E-state index contributed by atoms with van der Waals surface area (Å²) in [7, 11) is 0. The van der Waals surface area contributed by atoms with E-state index in [0.29, 0.717) is 24.3 Å². The highest BCUT2D eigenvalue weighted by atomic mass is 19.1. The average Bonchev–Trinajstić information content (AvgIpc) is 2.45. The number of hydrogen-bond donors (Lipinski definition) is 0. The molecule has 0 spiro atoms. The van der Waals surface area contributed by atoms with Gasteiger partial charge < -0.3 is 4.74 Å². The first-order chi connectivity index (χ1) is 9.69. The van der Waals surface area contributed by atoms with E-state index in [2.05, 4.69) is 6.07 Å². The summed E-state index contributed by atoms with van der Waals surface area (Å²) in [5.74, 6) is -0.567. The Morgan fingerprint density at radius 1 is 1.05 bits per heavy atom. The molecule has 4 heteroatoms. The molecule has 0 N–H and O–H groups in total. The van der Waals surface area contributed by atoms with Gasteiger partial charge in [-0.3, -0.25) is 0 Å². The number of nitrogens with zero attached hydrogens (tertiary/aromatic N) is 1. The lowest BCUT2D eigenvalue weighted by Crippen LogP contribution is -2.04. The first kappa shape index (κ1) is 14.0. The maximum Gasteiger partial charge on any atom is 0.123 e. The van der Waals surface area contributed by atoms with E-state index >= 15 is 0 Å². The molecule has 0 saturated carbocycles. The maximum atomic E-state index is 13.1. The van der Waals surface area contributed by atoms with Crippen LogP contribution in [0.4, 0.5) is 8.78 Å². The van der Waals surface area contributed by atoms with Crippen molar-refractivity contribution in [1.82, 2.24) is 0 Å². The van der Waals surface area contributed by atoms with Crippen LogP contribution in [-0.2, 0) is 0 Å². The molecule has 0 fully saturated rings. The van der Waals surface area contributed by atoms with Gasteiger partial charge in [0.2, 0.25) is 0 Å². The smallest absolute Gasteiger partial charge is 0.123 e. The van der Waals surface area contributed by atoms with Gasteiger partial charge in [-0.1, -0.05) is 12.1 Å². The van der Waals surface area contributed by atoms with Crippen molar-refractivity contribution < 1.29 is 13.5 Å². The normalized spacial score (nSPS) is 11.7. The lowest BCUT2D eigenvalue weighted by Gasteiger charge is -2.11. The lowest BCUT2D eigenvalue weighted by molar-refractivity contribution is 0.305. The maximum absolute atomic E-state index is 13.1. The molecule has 0 aliphatic carbocycles. The number of halogens is 2. The fourth-order valence-corrected chi connectivity index (χ4v) is 1.85. The second kappa shape index (κ2) is 6.67. The Morgan fingerprint density at radius 2 is 1.80 bits per heavy atom. The minimum atomic E-state index is -0.425. The summed E-state index contributed by atoms with van der Waals surface area (Å²) >= 11 is 0. The third kappa shape index (κ3) is 3.79. The predicted molar refractivity (Wildman–Crippen MR) is 71.3 cm³/mol. The van der Waals surface area contributed by atoms with E-state index in [1.54, 1.807) is 12.1 Å². The zero-order chi connectivity index (χ0) is 14.4. The molecule has 2 aromatic rings. The zero-order valence-electron chi connectivity index (χ0n) is 10.7. The van der Waals surface area contributed by atoms with Crippen molar-refractivity contribution in [3.05, 3.63) is 65.7 Å². The van der Waals surface area contributed by atoms with Gasteiger partial charge in [0, 0.05) is 6.42 Å². The van der Waals surface area contributed by atoms with Crippen molar-refractivity contribution in [2.75, 3.05) is 6.61 Å². The predicted octanol–water partition coefficient (Wildman–Crippen LogP) is 4.04. The molecule has 0 heterocycles. The summed E-state index contributed by atoms with van der Waals surface area (Å²) in [6.07, 6.45) is 0.442. The van der Waals surface area contributed by atoms with Crippen molar-refractivity contribution in [1.29, 1.82) is 5.26 Å². The number of ether oxygens (including phenoxy) is 1. The number of benzene rings is 2. The van der Waals surface area contributed by atoms with Gasteiger partial charge in [-0.15, -0.1) is 0 Å². The average molecular weight is 273 g/mol. The van der Waals surface area contributed by atoms with Crippen LogP contribution in [0.1, 0.15) is 17.9 Å². The molecule has 0 aliphatic heterocycles. The van der Waals surface area contributed by atoms with Gasteiger partial charge in [0.15, 0.2) is 0 Å². The van der Waals surface area contributed by atoms with E-state index in [1.807, 2.05) is 0 Å². The van der Waals surface area contributed by atoms with E-state index in [0.717, 1.165) is 0 Å². The Bertz CT molecular complexity index is 605. The highest BCUT2D eigenvalue weighted by molar-refractivity contribution is 5.26. The molecule has 2 aromatic carbocycles. The molecule has 20 heavy (non-hydrogen) atoms. The third-order valence-corrected chi connectivity index (χ3v) is 2.90. The molecular formula is C16H13F2NO. The molecule has 0 bridgehead atoms. The van der Waals surface area contributed by atoms with Crippen LogP contribution >= 0.6 is 0 Å². The Labute approximate surface area is 116 Å². The van der Waals surface area contributed by atoms with Crippen molar-refractivity contribution in [3.8, 4) is 11.8 Å². The summed E-state index contributed by atoms with van der Waals surface area (Å²) in [6, 6.07) is 13.8. The van der Waals surface area contributed by atoms with Crippen molar-refractivity contribution in [2.24, 2.45) is 0 Å². The standard InChI is InChI=1S/C16H13F2NO/c17-14-4-6-16(7-5-14)20-9-8-13(11-19)12-2-1-3-15(18)10-12/h1-7,10,13H,8-9H2. The zero-order valence-corrected chi connectivity index (χ0v) is 10.7. The molecule has 0 aliphatic rings. The molecular weight excluding hydrogens is 260 g/mol. The minimum Gasteiger partial charge on any atom is -0.494 e. The molecule has 1 atom stereocenters. The molecule has 2 nitrogen and oxygen atoms in total. The highest BCUT2D eigenvalue weighted by Gasteiger charge is 2.11. The summed E-state index contributed by atoms with van der Waals surface area (Å²) in [5, 5.41) is 9.13. The third-order valence-electron chi connectivity index (χ3n) is 2.90. The van der Waals surface area contributed by atoms with Gasteiger partial charge >= 0.3 is 0 Å². The molecule has 102 valence electrons. The topological polar surface area (TPSA) is 33.0 Å². The largest absolute Gasteiger partial charge is 0.494 e. The fourth-order valence-electron chi connectivity index (χ4n) is 1.85. The molecule has 0 aromatic heterocycles. The molecule has 2 rings (SSSR count). The number of rotatable bonds is 5. The van der Waals surface area contributed by atoms with E-state index in [9.17, 15) is 8.78 Å². The monoisotopic (exact) mass is 273 g/mol. The van der Waals surface area contributed by atoms with E-state index in [4.69, 9.17) is 10.00 Å². The van der Waals surface area contributed by atoms with Crippen molar-refractivity contribution >= 4 is 0 Å². The summed E-state index contributed by atoms with van der Waals surface area (Å²) < 4.78 is 31.3.